The van der Waals surface area contributed by atoms with Crippen molar-refractivity contribution in [2.45, 2.75) is 6.54 Å². The van der Waals surface area contributed by atoms with E-state index in [-0.39, 0.29) is 5.69 Å². The molecule has 0 amide bonds. The maximum absolute atomic E-state index is 11.3. The Hall–Kier alpha value is -3.88. The molecule has 0 spiro atoms. The molecule has 0 unspecified atom stereocenters. The van der Waals surface area contributed by atoms with E-state index in [1.54, 1.807) is 4.90 Å². The van der Waals surface area contributed by atoms with E-state index < -0.39 is 5.97 Å². The van der Waals surface area contributed by atoms with Gasteiger partial charge in [0.1, 0.15) is 0 Å². The first-order valence-corrected chi connectivity index (χ1v) is 8.95. The minimum Gasteiger partial charge on any atom is -0.476 e. The fourth-order valence-electron chi connectivity index (χ4n) is 3.08. The summed E-state index contributed by atoms with van der Waals surface area (Å²) in [7, 11) is 5.66. The SMILES string of the molecule is CN(C)c1noc(-c2cccc(CN(C)c3ccc4[nH]nc(C(=O)O)c4c3)c2)n1. The number of fused-ring (bicyclic) bond motifs is 1. The van der Waals surface area contributed by atoms with E-state index in [1.807, 2.05) is 68.5 Å². The highest BCUT2D eigenvalue weighted by molar-refractivity contribution is 6.01. The van der Waals surface area contributed by atoms with Gasteiger partial charge >= 0.3 is 5.97 Å². The van der Waals surface area contributed by atoms with Crippen LogP contribution in [0, 0.1) is 0 Å². The van der Waals surface area contributed by atoms with Crippen LogP contribution in [0.15, 0.2) is 47.0 Å². The topological polar surface area (TPSA) is 111 Å². The molecule has 2 aromatic heterocycles. The fraction of sp³-hybridized carbons (Fsp3) is 0.200. The Morgan fingerprint density at radius 1 is 1.17 bits per heavy atom. The predicted octanol–water partition coefficient (Wildman–Crippen LogP) is 3.01. The van der Waals surface area contributed by atoms with Gasteiger partial charge in [-0.15, -0.1) is 0 Å². The molecule has 0 saturated carbocycles. The highest BCUT2D eigenvalue weighted by Crippen LogP contribution is 2.25. The Morgan fingerprint density at radius 3 is 2.72 bits per heavy atom. The maximum Gasteiger partial charge on any atom is 0.357 e. The van der Waals surface area contributed by atoms with Gasteiger partial charge in [-0.2, -0.15) is 10.1 Å². The molecular formula is C20H20N6O3. The van der Waals surface area contributed by atoms with E-state index >= 15 is 0 Å². The molecule has 0 aliphatic heterocycles. The third-order valence-electron chi connectivity index (χ3n) is 4.60. The molecule has 4 aromatic rings. The number of aromatic amines is 1. The second-order valence-electron chi connectivity index (χ2n) is 6.96. The molecule has 0 radical (unpaired) electrons. The van der Waals surface area contributed by atoms with Crippen molar-refractivity contribution in [2.24, 2.45) is 0 Å². The molecule has 29 heavy (non-hydrogen) atoms. The van der Waals surface area contributed by atoms with Gasteiger partial charge in [-0.3, -0.25) is 5.10 Å². The number of carboxylic acid groups (broad SMARTS) is 1. The van der Waals surface area contributed by atoms with Gasteiger partial charge in [-0.25, -0.2) is 4.79 Å². The van der Waals surface area contributed by atoms with Gasteiger partial charge in [-0.05, 0) is 41.1 Å². The van der Waals surface area contributed by atoms with Crippen molar-refractivity contribution < 1.29 is 14.4 Å². The van der Waals surface area contributed by atoms with Crippen LogP contribution in [0.5, 0.6) is 0 Å². The molecule has 0 aliphatic carbocycles. The van der Waals surface area contributed by atoms with Gasteiger partial charge in [0.05, 0.1) is 5.52 Å². The number of carboxylic acids is 1. The Balaban J connectivity index is 1.58. The predicted molar refractivity (Wildman–Crippen MR) is 109 cm³/mol. The number of nitrogens with zero attached hydrogens (tertiary/aromatic N) is 5. The van der Waals surface area contributed by atoms with Gasteiger partial charge in [0, 0.05) is 44.3 Å². The second kappa shape index (κ2) is 7.27. The molecule has 0 aliphatic rings. The number of nitrogens with one attached hydrogen (secondary N) is 1. The van der Waals surface area contributed by atoms with Crippen molar-refractivity contribution in [3.8, 4) is 11.5 Å². The first-order valence-electron chi connectivity index (χ1n) is 8.95. The highest BCUT2D eigenvalue weighted by atomic mass is 16.5. The Kier molecular flexibility index (Phi) is 4.63. The number of hydrogen-bond donors (Lipinski definition) is 2. The van der Waals surface area contributed by atoms with E-state index in [2.05, 4.69) is 20.3 Å². The summed E-state index contributed by atoms with van der Waals surface area (Å²) in [5, 5.41) is 20.4. The van der Waals surface area contributed by atoms with Crippen LogP contribution in [-0.2, 0) is 6.54 Å². The minimum absolute atomic E-state index is 0.0188. The summed E-state index contributed by atoms with van der Waals surface area (Å²) in [4.78, 5) is 19.5. The van der Waals surface area contributed by atoms with Gasteiger partial charge in [0.2, 0.25) is 0 Å². The number of rotatable bonds is 6. The Labute approximate surface area is 166 Å². The number of aromatic carboxylic acids is 1. The molecule has 148 valence electrons. The van der Waals surface area contributed by atoms with Crippen molar-refractivity contribution in [1.82, 2.24) is 20.3 Å². The number of aromatic nitrogens is 4. The Bertz CT molecular complexity index is 1180. The summed E-state index contributed by atoms with van der Waals surface area (Å²) in [6, 6.07) is 13.5. The monoisotopic (exact) mass is 392 g/mol. The molecule has 0 atom stereocenters. The molecule has 2 heterocycles. The van der Waals surface area contributed by atoms with Crippen LogP contribution < -0.4 is 9.80 Å². The number of carbonyl (C=O) groups is 1. The third-order valence-corrected chi connectivity index (χ3v) is 4.60. The van der Waals surface area contributed by atoms with E-state index in [0.717, 1.165) is 16.8 Å². The number of anilines is 2. The largest absolute Gasteiger partial charge is 0.476 e. The zero-order valence-corrected chi connectivity index (χ0v) is 16.2. The number of H-pyrrole nitrogens is 1. The standard InChI is InChI=1S/C20H20N6O3/c1-25(2)20-21-18(29-24-20)13-6-4-5-12(9-13)11-26(3)14-7-8-16-15(10-14)17(19(27)28)23-22-16/h4-10H,11H2,1-3H3,(H,22,23)(H,27,28). The van der Waals surface area contributed by atoms with Crippen LogP contribution in [0.1, 0.15) is 16.1 Å². The van der Waals surface area contributed by atoms with Crippen molar-refractivity contribution in [3.63, 3.8) is 0 Å². The van der Waals surface area contributed by atoms with Gasteiger partial charge in [0.15, 0.2) is 5.69 Å². The van der Waals surface area contributed by atoms with E-state index in [9.17, 15) is 9.90 Å². The molecule has 2 aromatic carbocycles. The molecule has 0 bridgehead atoms. The molecule has 4 rings (SSSR count). The van der Waals surface area contributed by atoms with Crippen molar-refractivity contribution in [1.29, 1.82) is 0 Å². The van der Waals surface area contributed by atoms with Crippen molar-refractivity contribution in [2.75, 3.05) is 30.9 Å². The maximum atomic E-state index is 11.3. The fourth-order valence-corrected chi connectivity index (χ4v) is 3.08. The lowest BCUT2D eigenvalue weighted by Gasteiger charge is -2.20. The second-order valence-corrected chi connectivity index (χ2v) is 6.96. The van der Waals surface area contributed by atoms with E-state index in [0.29, 0.717) is 29.3 Å². The van der Waals surface area contributed by atoms with Crippen LogP contribution in [0.4, 0.5) is 11.6 Å². The molecule has 9 heteroatoms. The zero-order valence-electron chi connectivity index (χ0n) is 16.2. The van der Waals surface area contributed by atoms with Crippen molar-refractivity contribution in [3.05, 3.63) is 53.7 Å². The molecule has 0 saturated heterocycles. The van der Waals surface area contributed by atoms with Gasteiger partial charge in [-0.1, -0.05) is 12.1 Å². The normalized spacial score (nSPS) is 11.0. The van der Waals surface area contributed by atoms with Crippen LogP contribution in [-0.4, -0.2) is 52.6 Å². The summed E-state index contributed by atoms with van der Waals surface area (Å²) in [5.41, 5.74) is 3.50. The zero-order chi connectivity index (χ0) is 20.5. The van der Waals surface area contributed by atoms with Crippen LogP contribution >= 0.6 is 0 Å². The van der Waals surface area contributed by atoms with Gasteiger partial charge < -0.3 is 19.4 Å². The molecule has 9 nitrogen and oxygen atoms in total. The summed E-state index contributed by atoms with van der Waals surface area (Å²) in [6.07, 6.45) is 0. The highest BCUT2D eigenvalue weighted by Gasteiger charge is 2.15. The van der Waals surface area contributed by atoms with Gasteiger partial charge in [0.25, 0.3) is 11.8 Å². The quantitative estimate of drug-likeness (QED) is 0.515. The summed E-state index contributed by atoms with van der Waals surface area (Å²) in [6.45, 7) is 0.619. The lowest BCUT2D eigenvalue weighted by atomic mass is 10.1. The lowest BCUT2D eigenvalue weighted by molar-refractivity contribution is 0.0692. The van der Waals surface area contributed by atoms with E-state index in [1.165, 1.54) is 0 Å². The summed E-state index contributed by atoms with van der Waals surface area (Å²) in [5.74, 6) is -0.0744. The van der Waals surface area contributed by atoms with Crippen LogP contribution in [0.2, 0.25) is 0 Å². The smallest absolute Gasteiger partial charge is 0.357 e. The molecule has 0 fully saturated rings. The minimum atomic E-state index is -1.06. The van der Waals surface area contributed by atoms with Crippen LogP contribution in [0.25, 0.3) is 22.4 Å². The average molecular weight is 392 g/mol. The molecular weight excluding hydrogens is 372 g/mol. The Morgan fingerprint density at radius 2 is 2.00 bits per heavy atom. The van der Waals surface area contributed by atoms with Crippen LogP contribution in [0.3, 0.4) is 0 Å². The van der Waals surface area contributed by atoms with Crippen molar-refractivity contribution >= 4 is 28.5 Å². The third kappa shape index (κ3) is 3.62. The average Bonchev–Trinajstić information content (AvgIpc) is 3.35. The first kappa shape index (κ1) is 18.5. The summed E-state index contributed by atoms with van der Waals surface area (Å²) < 4.78 is 5.35. The van der Waals surface area contributed by atoms with E-state index in [4.69, 9.17) is 4.52 Å². The number of hydrogen-bond acceptors (Lipinski definition) is 7. The number of benzene rings is 2. The molecule has 2 N–H and O–H groups in total. The lowest BCUT2D eigenvalue weighted by Crippen LogP contribution is -2.16. The first-order chi connectivity index (χ1) is 13.9. The summed E-state index contributed by atoms with van der Waals surface area (Å²) >= 11 is 0.